The maximum atomic E-state index is 5.75. The zero-order valence-corrected chi connectivity index (χ0v) is 11.2. The molecule has 1 atom stereocenters. The summed E-state index contributed by atoms with van der Waals surface area (Å²) in [4.78, 5) is 11.1. The van der Waals surface area contributed by atoms with E-state index in [4.69, 9.17) is 4.74 Å². The van der Waals surface area contributed by atoms with E-state index in [0.29, 0.717) is 12.6 Å². The van der Waals surface area contributed by atoms with E-state index in [1.165, 1.54) is 0 Å². The van der Waals surface area contributed by atoms with E-state index in [2.05, 4.69) is 27.9 Å². The van der Waals surface area contributed by atoms with Gasteiger partial charge in [-0.25, -0.2) is 0 Å². The van der Waals surface area contributed by atoms with Gasteiger partial charge in [-0.1, -0.05) is 12.1 Å². The fourth-order valence-corrected chi connectivity index (χ4v) is 2.27. The third-order valence-corrected chi connectivity index (χ3v) is 3.35. The molecule has 0 radical (unpaired) electrons. The fourth-order valence-electron chi connectivity index (χ4n) is 2.27. The van der Waals surface area contributed by atoms with Crippen LogP contribution in [0.1, 0.15) is 18.3 Å². The predicted octanol–water partition coefficient (Wildman–Crippen LogP) is 2.57. The highest BCUT2D eigenvalue weighted by Gasteiger charge is 2.24. The summed E-state index contributed by atoms with van der Waals surface area (Å²) in [5.41, 5.74) is 3.05. The second kappa shape index (κ2) is 4.88. The average molecular weight is 255 g/mol. The summed E-state index contributed by atoms with van der Waals surface area (Å²) in [6.07, 6.45) is 3.66. The Morgan fingerprint density at radius 3 is 2.89 bits per heavy atom. The molecule has 1 aliphatic heterocycles. The van der Waals surface area contributed by atoms with Crippen molar-refractivity contribution in [1.82, 2.24) is 9.97 Å². The van der Waals surface area contributed by atoms with Crippen molar-refractivity contribution in [3.8, 4) is 5.75 Å². The van der Waals surface area contributed by atoms with Crippen molar-refractivity contribution in [3.05, 3.63) is 48.0 Å². The third-order valence-electron chi connectivity index (χ3n) is 3.35. The molecule has 4 heteroatoms. The van der Waals surface area contributed by atoms with Crippen LogP contribution in [0.2, 0.25) is 0 Å². The van der Waals surface area contributed by atoms with Crippen molar-refractivity contribution >= 4 is 5.69 Å². The lowest BCUT2D eigenvalue weighted by Gasteiger charge is -2.36. The molecule has 2 heterocycles. The molecule has 1 aromatic heterocycles. The molecule has 1 aliphatic rings. The van der Waals surface area contributed by atoms with E-state index < -0.39 is 0 Å². The van der Waals surface area contributed by atoms with Gasteiger partial charge in [-0.2, -0.15) is 0 Å². The van der Waals surface area contributed by atoms with Crippen molar-refractivity contribution in [2.45, 2.75) is 26.4 Å². The predicted molar refractivity (Wildman–Crippen MR) is 74.4 cm³/mol. The molecule has 98 valence electrons. The maximum absolute atomic E-state index is 5.75. The molecule has 1 aromatic carbocycles. The number of fused-ring (bicyclic) bond motifs is 1. The topological polar surface area (TPSA) is 38.2 Å². The summed E-state index contributed by atoms with van der Waals surface area (Å²) in [5.74, 6) is 0.945. The Balaban J connectivity index is 1.89. The van der Waals surface area contributed by atoms with Crippen molar-refractivity contribution in [1.29, 1.82) is 0 Å². The number of hydrogen-bond acceptors (Lipinski definition) is 4. The van der Waals surface area contributed by atoms with Crippen LogP contribution in [-0.4, -0.2) is 22.6 Å². The minimum Gasteiger partial charge on any atom is -0.489 e. The zero-order chi connectivity index (χ0) is 13.2. The Morgan fingerprint density at radius 2 is 2.11 bits per heavy atom. The summed E-state index contributed by atoms with van der Waals surface area (Å²) in [7, 11) is 0. The first-order chi connectivity index (χ1) is 9.24. The summed E-state index contributed by atoms with van der Waals surface area (Å²) in [5, 5.41) is 0. The molecule has 0 spiro atoms. The molecule has 0 aliphatic carbocycles. The Bertz CT molecular complexity index is 568. The lowest BCUT2D eigenvalue weighted by molar-refractivity contribution is 0.268. The number of para-hydroxylation sites is 2. The monoisotopic (exact) mass is 255 g/mol. The molecule has 0 amide bonds. The zero-order valence-electron chi connectivity index (χ0n) is 11.2. The SMILES string of the molecule is Cc1cnc(CN2c3ccccc3OCC2C)cn1. The van der Waals surface area contributed by atoms with Crippen LogP contribution >= 0.6 is 0 Å². The first-order valence-electron chi connectivity index (χ1n) is 6.50. The fraction of sp³-hybridized carbons (Fsp3) is 0.333. The average Bonchev–Trinajstić information content (AvgIpc) is 2.44. The minimum absolute atomic E-state index is 0.331. The van der Waals surface area contributed by atoms with Gasteiger partial charge >= 0.3 is 0 Å². The van der Waals surface area contributed by atoms with Crippen LogP contribution in [0.3, 0.4) is 0 Å². The Morgan fingerprint density at radius 1 is 1.26 bits per heavy atom. The van der Waals surface area contributed by atoms with Crippen molar-refractivity contribution in [2.75, 3.05) is 11.5 Å². The number of nitrogens with zero attached hydrogens (tertiary/aromatic N) is 3. The largest absolute Gasteiger partial charge is 0.489 e. The number of ether oxygens (including phenoxy) is 1. The van der Waals surface area contributed by atoms with Gasteiger partial charge in [0.15, 0.2) is 0 Å². The van der Waals surface area contributed by atoms with E-state index in [-0.39, 0.29) is 0 Å². The van der Waals surface area contributed by atoms with Gasteiger partial charge in [0.05, 0.1) is 35.9 Å². The number of hydrogen-bond donors (Lipinski definition) is 0. The van der Waals surface area contributed by atoms with E-state index in [0.717, 1.165) is 29.4 Å². The minimum atomic E-state index is 0.331. The Kier molecular flexibility index (Phi) is 3.07. The van der Waals surface area contributed by atoms with Gasteiger partial charge in [0.2, 0.25) is 0 Å². The van der Waals surface area contributed by atoms with Gasteiger partial charge in [0.25, 0.3) is 0 Å². The Labute approximate surface area is 113 Å². The van der Waals surface area contributed by atoms with Crippen LogP contribution in [0, 0.1) is 6.92 Å². The lowest BCUT2D eigenvalue weighted by Crippen LogP contribution is -2.40. The van der Waals surface area contributed by atoms with E-state index in [1.807, 2.05) is 37.5 Å². The quantitative estimate of drug-likeness (QED) is 0.826. The standard InChI is InChI=1S/C15H17N3O/c1-11-7-17-13(8-16-11)9-18-12(2)10-19-15-6-4-3-5-14(15)18/h3-8,12H,9-10H2,1-2H3. The lowest BCUT2D eigenvalue weighted by atomic mass is 10.1. The summed E-state index contributed by atoms with van der Waals surface area (Å²) >= 11 is 0. The molecule has 2 aromatic rings. The van der Waals surface area contributed by atoms with Crippen molar-refractivity contribution in [3.63, 3.8) is 0 Å². The van der Waals surface area contributed by atoms with Crippen molar-refractivity contribution < 1.29 is 4.74 Å². The Hall–Kier alpha value is -2.10. The van der Waals surface area contributed by atoms with E-state index in [1.54, 1.807) is 0 Å². The molecular formula is C15H17N3O. The molecule has 0 saturated carbocycles. The molecule has 3 rings (SSSR count). The first kappa shape index (κ1) is 12.0. The molecule has 19 heavy (non-hydrogen) atoms. The highest BCUT2D eigenvalue weighted by Crippen LogP contribution is 2.34. The normalized spacial score (nSPS) is 17.8. The second-order valence-electron chi connectivity index (χ2n) is 4.90. The van der Waals surface area contributed by atoms with Crippen LogP contribution < -0.4 is 9.64 Å². The van der Waals surface area contributed by atoms with Gasteiger partial charge in [0.1, 0.15) is 12.4 Å². The summed E-state index contributed by atoms with van der Waals surface area (Å²) < 4.78 is 5.75. The highest BCUT2D eigenvalue weighted by atomic mass is 16.5. The van der Waals surface area contributed by atoms with E-state index >= 15 is 0 Å². The third kappa shape index (κ3) is 2.38. The highest BCUT2D eigenvalue weighted by molar-refractivity contribution is 5.60. The van der Waals surface area contributed by atoms with Crippen LogP contribution in [0.4, 0.5) is 5.69 Å². The molecule has 0 saturated heterocycles. The second-order valence-corrected chi connectivity index (χ2v) is 4.90. The summed E-state index contributed by atoms with van der Waals surface area (Å²) in [6.45, 7) is 5.58. The molecule has 0 fully saturated rings. The van der Waals surface area contributed by atoms with Gasteiger partial charge in [-0.3, -0.25) is 9.97 Å². The van der Waals surface area contributed by atoms with Gasteiger partial charge in [0, 0.05) is 6.20 Å². The van der Waals surface area contributed by atoms with Crippen LogP contribution in [-0.2, 0) is 6.54 Å². The molecule has 0 bridgehead atoms. The molecule has 4 nitrogen and oxygen atoms in total. The summed E-state index contributed by atoms with van der Waals surface area (Å²) in [6, 6.07) is 8.46. The van der Waals surface area contributed by atoms with Gasteiger partial charge in [-0.05, 0) is 26.0 Å². The van der Waals surface area contributed by atoms with Crippen LogP contribution in [0.25, 0.3) is 0 Å². The smallest absolute Gasteiger partial charge is 0.142 e. The van der Waals surface area contributed by atoms with Crippen LogP contribution in [0.5, 0.6) is 5.75 Å². The first-order valence-corrected chi connectivity index (χ1v) is 6.50. The molecule has 1 unspecified atom stereocenters. The molecule has 0 N–H and O–H groups in total. The number of aryl methyl sites for hydroxylation is 1. The maximum Gasteiger partial charge on any atom is 0.142 e. The number of anilines is 1. The van der Waals surface area contributed by atoms with Crippen LogP contribution in [0.15, 0.2) is 36.7 Å². The van der Waals surface area contributed by atoms with Gasteiger partial charge < -0.3 is 9.64 Å². The molecular weight excluding hydrogens is 238 g/mol. The number of benzene rings is 1. The van der Waals surface area contributed by atoms with E-state index in [9.17, 15) is 0 Å². The number of rotatable bonds is 2. The number of aromatic nitrogens is 2. The van der Waals surface area contributed by atoms with Crippen molar-refractivity contribution in [2.24, 2.45) is 0 Å². The van der Waals surface area contributed by atoms with Gasteiger partial charge in [-0.15, -0.1) is 0 Å².